The molecular formula is C34H42F3N7O5. The number of carbonyl (C=O) groups excluding carboxylic acids is 1. The van der Waals surface area contributed by atoms with Crippen molar-refractivity contribution in [3.63, 3.8) is 0 Å². The fourth-order valence-electron chi connectivity index (χ4n) is 6.49. The van der Waals surface area contributed by atoms with E-state index >= 15 is 0 Å². The molecule has 0 bridgehead atoms. The number of carbonyl (C=O) groups is 1. The van der Waals surface area contributed by atoms with Gasteiger partial charge in [-0.05, 0) is 74.1 Å². The summed E-state index contributed by atoms with van der Waals surface area (Å²) in [4.78, 5) is 30.0. The average molecular weight is 686 g/mol. The molecule has 0 aliphatic carbocycles. The van der Waals surface area contributed by atoms with Crippen LogP contribution in [0.3, 0.4) is 0 Å². The SMILES string of the molecule is C[C@H](Oc1cc(O[C@@H]2C[C@@H](CC#N)N(C(=O)OC(C)(C)C)[C@H]2C)nc(-c2noc(C(C)(C)c3c(F)cccc3F)n2)n1)[C@@H]1C[C@@H](F)CN1C. The first-order chi connectivity index (χ1) is 23.0. The number of alkyl halides is 1. The number of amides is 1. The Hall–Kier alpha value is -4.45. The van der Waals surface area contributed by atoms with Crippen LogP contribution in [0.1, 0.15) is 79.2 Å². The largest absolute Gasteiger partial charge is 0.473 e. The number of nitrogens with zero attached hydrogens (tertiary/aromatic N) is 7. The van der Waals surface area contributed by atoms with E-state index in [1.165, 1.54) is 17.0 Å². The first-order valence-electron chi connectivity index (χ1n) is 16.2. The topological polar surface area (TPSA) is 140 Å². The fourth-order valence-corrected chi connectivity index (χ4v) is 6.49. The predicted molar refractivity (Wildman–Crippen MR) is 170 cm³/mol. The molecule has 1 aromatic carbocycles. The molecule has 5 rings (SSSR count). The third-order valence-corrected chi connectivity index (χ3v) is 8.90. The van der Waals surface area contributed by atoms with Gasteiger partial charge < -0.3 is 18.7 Å². The van der Waals surface area contributed by atoms with Crippen molar-refractivity contribution in [1.82, 2.24) is 29.9 Å². The van der Waals surface area contributed by atoms with Crippen LogP contribution in [0.25, 0.3) is 11.6 Å². The maximum atomic E-state index is 14.8. The third kappa shape index (κ3) is 7.74. The fraction of sp³-hybridized carbons (Fsp3) is 0.588. The number of halogens is 3. The molecule has 2 saturated heterocycles. The standard InChI is InChI=1S/C34H42F3N7O5/c1-18-25(15-21(12-13-38)44(18)32(45)48-33(3,4)5)47-27-16-26(46-19(2)24-14-20(35)17-43(24)8)39-29(40-27)30-41-31(49-42-30)34(6,7)28-22(36)10-9-11-23(28)37/h9-11,16,18-21,24-25H,12,14-15,17H2,1-8H3/t18-,19-,20+,21+,24-,25+/m0/s1. The van der Waals surface area contributed by atoms with Crippen LogP contribution in [-0.2, 0) is 10.2 Å². The van der Waals surface area contributed by atoms with E-state index in [9.17, 15) is 23.2 Å². The number of hydrogen-bond acceptors (Lipinski definition) is 11. The molecule has 2 fully saturated rings. The number of likely N-dealkylation sites (N-methyl/N-ethyl adjacent to an activating group) is 1. The van der Waals surface area contributed by atoms with Gasteiger partial charge in [0.25, 0.3) is 0 Å². The highest BCUT2D eigenvalue weighted by Gasteiger charge is 2.45. The summed E-state index contributed by atoms with van der Waals surface area (Å²) in [5, 5.41) is 13.5. The molecule has 0 unspecified atom stereocenters. The molecule has 264 valence electrons. The summed E-state index contributed by atoms with van der Waals surface area (Å²) in [6.45, 7) is 12.3. The zero-order valence-electron chi connectivity index (χ0n) is 28.9. The molecule has 2 aliphatic rings. The van der Waals surface area contributed by atoms with Gasteiger partial charge in [0.15, 0.2) is 0 Å². The van der Waals surface area contributed by atoms with Crippen molar-refractivity contribution in [3.05, 3.63) is 47.4 Å². The van der Waals surface area contributed by atoms with Crippen molar-refractivity contribution in [2.75, 3.05) is 13.6 Å². The first kappa shape index (κ1) is 35.8. The van der Waals surface area contributed by atoms with Crippen molar-refractivity contribution >= 4 is 6.09 Å². The number of ether oxygens (including phenoxy) is 3. The Morgan fingerprint density at radius 1 is 1.10 bits per heavy atom. The molecule has 4 heterocycles. The number of aromatic nitrogens is 4. The Morgan fingerprint density at radius 2 is 1.78 bits per heavy atom. The monoisotopic (exact) mass is 685 g/mol. The minimum atomic E-state index is -1.36. The number of benzene rings is 1. The van der Waals surface area contributed by atoms with Crippen molar-refractivity contribution in [1.29, 1.82) is 5.26 Å². The first-order valence-corrected chi connectivity index (χ1v) is 16.2. The van der Waals surface area contributed by atoms with E-state index in [2.05, 4.69) is 26.2 Å². The van der Waals surface area contributed by atoms with E-state index in [1.54, 1.807) is 41.5 Å². The third-order valence-electron chi connectivity index (χ3n) is 8.90. The lowest BCUT2D eigenvalue weighted by Gasteiger charge is -2.31. The summed E-state index contributed by atoms with van der Waals surface area (Å²) >= 11 is 0. The van der Waals surface area contributed by atoms with Crippen LogP contribution >= 0.6 is 0 Å². The van der Waals surface area contributed by atoms with Gasteiger partial charge in [-0.1, -0.05) is 11.2 Å². The molecule has 3 aromatic rings. The Morgan fingerprint density at radius 3 is 2.39 bits per heavy atom. The highest BCUT2D eigenvalue weighted by Crippen LogP contribution is 2.36. The molecule has 6 atom stereocenters. The minimum absolute atomic E-state index is 0.0553. The van der Waals surface area contributed by atoms with Crippen LogP contribution in [0.5, 0.6) is 11.8 Å². The predicted octanol–water partition coefficient (Wildman–Crippen LogP) is 6.00. The molecule has 2 aliphatic heterocycles. The van der Waals surface area contributed by atoms with Crippen molar-refractivity contribution in [3.8, 4) is 29.5 Å². The molecule has 0 saturated carbocycles. The second-order valence-corrected chi connectivity index (χ2v) is 14.2. The summed E-state index contributed by atoms with van der Waals surface area (Å²) in [6, 6.07) is 5.97. The molecule has 0 N–H and O–H groups in total. The Kier molecular flexibility index (Phi) is 10.1. The normalized spacial score (nSPS) is 23.7. The van der Waals surface area contributed by atoms with E-state index in [0.29, 0.717) is 6.42 Å². The van der Waals surface area contributed by atoms with Crippen molar-refractivity contribution in [2.24, 2.45) is 0 Å². The van der Waals surface area contributed by atoms with Gasteiger partial charge in [-0.3, -0.25) is 9.80 Å². The second kappa shape index (κ2) is 13.8. The zero-order chi connectivity index (χ0) is 35.8. The molecule has 2 aromatic heterocycles. The van der Waals surface area contributed by atoms with E-state index in [0.717, 1.165) is 12.1 Å². The lowest BCUT2D eigenvalue weighted by atomic mass is 9.83. The van der Waals surface area contributed by atoms with Gasteiger partial charge in [-0.25, -0.2) is 18.0 Å². The van der Waals surface area contributed by atoms with Gasteiger partial charge in [-0.2, -0.15) is 20.2 Å². The van der Waals surface area contributed by atoms with Crippen molar-refractivity contribution in [2.45, 2.75) is 115 Å². The van der Waals surface area contributed by atoms with Gasteiger partial charge >= 0.3 is 6.09 Å². The van der Waals surface area contributed by atoms with E-state index in [4.69, 9.17) is 18.7 Å². The van der Waals surface area contributed by atoms with Crippen LogP contribution in [0.2, 0.25) is 0 Å². The van der Waals surface area contributed by atoms with Crippen LogP contribution in [0.15, 0.2) is 28.8 Å². The number of rotatable bonds is 9. The van der Waals surface area contributed by atoms with Crippen LogP contribution in [0.4, 0.5) is 18.0 Å². The lowest BCUT2D eigenvalue weighted by molar-refractivity contribution is 0.0123. The quantitative estimate of drug-likeness (QED) is 0.262. The molecule has 0 radical (unpaired) electrons. The van der Waals surface area contributed by atoms with Crippen LogP contribution in [0, 0.1) is 23.0 Å². The summed E-state index contributed by atoms with van der Waals surface area (Å²) < 4.78 is 67.4. The average Bonchev–Trinajstić information content (AvgIpc) is 3.70. The highest BCUT2D eigenvalue weighted by atomic mass is 19.1. The molecule has 12 nitrogen and oxygen atoms in total. The smallest absolute Gasteiger partial charge is 0.410 e. The number of hydrogen-bond donors (Lipinski definition) is 0. The van der Waals surface area contributed by atoms with Gasteiger partial charge in [0.2, 0.25) is 29.3 Å². The molecule has 0 spiro atoms. The Balaban J connectivity index is 1.48. The number of likely N-dealkylation sites (tertiary alicyclic amines) is 2. The van der Waals surface area contributed by atoms with Gasteiger partial charge in [0, 0.05) is 24.6 Å². The summed E-state index contributed by atoms with van der Waals surface area (Å²) in [5.41, 5.74) is -2.36. The number of nitriles is 1. The maximum Gasteiger partial charge on any atom is 0.410 e. The van der Waals surface area contributed by atoms with Gasteiger partial charge in [0.1, 0.15) is 35.6 Å². The maximum absolute atomic E-state index is 14.8. The molecule has 15 heteroatoms. The van der Waals surface area contributed by atoms with E-state index in [1.807, 2.05) is 18.9 Å². The van der Waals surface area contributed by atoms with Crippen LogP contribution in [-0.4, -0.2) is 91.7 Å². The zero-order valence-corrected chi connectivity index (χ0v) is 28.9. The second-order valence-electron chi connectivity index (χ2n) is 14.2. The lowest BCUT2D eigenvalue weighted by Crippen LogP contribution is -2.45. The van der Waals surface area contributed by atoms with Crippen LogP contribution < -0.4 is 9.47 Å². The Bertz CT molecular complexity index is 1690. The summed E-state index contributed by atoms with van der Waals surface area (Å²) in [5.74, 6) is -1.65. The summed E-state index contributed by atoms with van der Waals surface area (Å²) in [7, 11) is 1.82. The molecule has 1 amide bonds. The van der Waals surface area contributed by atoms with E-state index < -0.39 is 59.2 Å². The van der Waals surface area contributed by atoms with Gasteiger partial charge in [-0.15, -0.1) is 0 Å². The molecular weight excluding hydrogens is 643 g/mol. The van der Waals surface area contributed by atoms with Crippen molar-refractivity contribution < 1.29 is 36.7 Å². The highest BCUT2D eigenvalue weighted by molar-refractivity contribution is 5.69. The summed E-state index contributed by atoms with van der Waals surface area (Å²) in [6.07, 6.45) is -1.96. The Labute approximate surface area is 283 Å². The van der Waals surface area contributed by atoms with E-state index in [-0.39, 0.29) is 60.3 Å². The molecule has 49 heavy (non-hydrogen) atoms. The van der Waals surface area contributed by atoms with Gasteiger partial charge in [0.05, 0.1) is 36.1 Å². The minimum Gasteiger partial charge on any atom is -0.473 e.